The van der Waals surface area contributed by atoms with Crippen LogP contribution in [0.15, 0.2) is 24.3 Å². The first kappa shape index (κ1) is 32.0. The molecule has 0 aliphatic carbocycles. The zero-order chi connectivity index (χ0) is 28.2. The van der Waals surface area contributed by atoms with Crippen molar-refractivity contribution < 1.29 is 19.1 Å². The van der Waals surface area contributed by atoms with Crippen LogP contribution in [0.4, 0.5) is 4.79 Å². The molecule has 7 nitrogen and oxygen atoms in total. The molecule has 0 saturated heterocycles. The normalized spacial score (nSPS) is 13.7. The van der Waals surface area contributed by atoms with Gasteiger partial charge in [-0.25, -0.2) is 4.79 Å². The maximum atomic E-state index is 14.2. The van der Waals surface area contributed by atoms with Crippen molar-refractivity contribution in [1.82, 2.24) is 15.5 Å². The Hall–Kier alpha value is -3.01. The summed E-state index contributed by atoms with van der Waals surface area (Å²) in [7, 11) is 0. The number of nitrogens with zero attached hydrogens (tertiary/aromatic N) is 1. The zero-order valence-corrected chi connectivity index (χ0v) is 24.0. The number of carbonyl (C=O) groups is 3. The summed E-state index contributed by atoms with van der Waals surface area (Å²) in [4.78, 5) is 42.2. The molecule has 7 heteroatoms. The highest BCUT2D eigenvalue weighted by atomic mass is 16.6. The molecule has 206 valence electrons. The maximum absolute atomic E-state index is 14.2. The summed E-state index contributed by atoms with van der Waals surface area (Å²) in [5, 5.41) is 5.77. The molecule has 0 bridgehead atoms. The van der Waals surface area contributed by atoms with Gasteiger partial charge in [-0.2, -0.15) is 0 Å². The van der Waals surface area contributed by atoms with Crippen LogP contribution in [-0.4, -0.2) is 47.0 Å². The minimum Gasteiger partial charge on any atom is -0.444 e. The summed E-state index contributed by atoms with van der Waals surface area (Å²) in [5.74, 6) is 1.85. The molecule has 0 fully saturated rings. The third-order valence-electron chi connectivity index (χ3n) is 6.09. The molecule has 0 aliphatic rings. The molecule has 3 atom stereocenters. The molecule has 2 N–H and O–H groups in total. The predicted molar refractivity (Wildman–Crippen MR) is 149 cm³/mol. The van der Waals surface area contributed by atoms with Crippen molar-refractivity contribution in [2.45, 2.75) is 111 Å². The van der Waals surface area contributed by atoms with Crippen LogP contribution in [0.25, 0.3) is 0 Å². The number of alkyl carbamates (subject to hydrolysis) is 1. The summed E-state index contributed by atoms with van der Waals surface area (Å²) < 4.78 is 5.46. The first-order valence-corrected chi connectivity index (χ1v) is 13.5. The van der Waals surface area contributed by atoms with Crippen LogP contribution in [0.5, 0.6) is 0 Å². The van der Waals surface area contributed by atoms with Crippen LogP contribution in [0.3, 0.4) is 0 Å². The molecule has 1 aromatic carbocycles. The van der Waals surface area contributed by atoms with Gasteiger partial charge < -0.3 is 20.3 Å². The lowest BCUT2D eigenvalue weighted by Crippen LogP contribution is -2.55. The minimum atomic E-state index is -0.934. The third-order valence-corrected chi connectivity index (χ3v) is 6.09. The largest absolute Gasteiger partial charge is 0.444 e. The summed E-state index contributed by atoms with van der Waals surface area (Å²) in [6, 6.07) is 5.28. The number of unbranched alkanes of at least 4 members (excludes halogenated alkanes) is 3. The fraction of sp³-hybridized carbons (Fsp3) is 0.633. The van der Waals surface area contributed by atoms with Crippen molar-refractivity contribution in [3.05, 3.63) is 35.4 Å². The molecule has 0 aromatic heterocycles. The second-order valence-corrected chi connectivity index (χ2v) is 10.9. The van der Waals surface area contributed by atoms with Gasteiger partial charge in [-0.15, -0.1) is 6.42 Å². The van der Waals surface area contributed by atoms with E-state index in [1.807, 2.05) is 39.8 Å². The van der Waals surface area contributed by atoms with Crippen molar-refractivity contribution >= 4 is 17.9 Å². The summed E-state index contributed by atoms with van der Waals surface area (Å²) in [5.41, 5.74) is 0.434. The quantitative estimate of drug-likeness (QED) is 0.266. The fourth-order valence-electron chi connectivity index (χ4n) is 4.05. The van der Waals surface area contributed by atoms with Crippen molar-refractivity contribution in [2.75, 3.05) is 6.54 Å². The average Bonchev–Trinajstić information content (AvgIpc) is 2.82. The minimum absolute atomic E-state index is 0.129. The smallest absolute Gasteiger partial charge is 0.408 e. The molecule has 1 aromatic rings. The summed E-state index contributed by atoms with van der Waals surface area (Å²) in [6.45, 7) is 15.4. The molecular formula is C30H47N3O4. The van der Waals surface area contributed by atoms with Gasteiger partial charge in [-0.3, -0.25) is 9.59 Å². The van der Waals surface area contributed by atoms with Crippen LogP contribution in [0.2, 0.25) is 0 Å². The Bertz CT molecular complexity index is 929. The van der Waals surface area contributed by atoms with Crippen LogP contribution < -0.4 is 10.6 Å². The number of ether oxygens (including phenoxy) is 1. The predicted octanol–water partition coefficient (Wildman–Crippen LogP) is 5.58. The van der Waals surface area contributed by atoms with Gasteiger partial charge in [0.15, 0.2) is 0 Å². The fourth-order valence-corrected chi connectivity index (χ4v) is 4.05. The molecule has 3 unspecified atom stereocenters. The lowest BCUT2D eigenvalue weighted by molar-refractivity contribution is -0.143. The van der Waals surface area contributed by atoms with Gasteiger partial charge in [0.25, 0.3) is 0 Å². The number of carbonyl (C=O) groups excluding carboxylic acids is 3. The van der Waals surface area contributed by atoms with E-state index in [-0.39, 0.29) is 23.8 Å². The molecule has 37 heavy (non-hydrogen) atoms. The highest BCUT2D eigenvalue weighted by molar-refractivity contribution is 5.92. The van der Waals surface area contributed by atoms with Crippen molar-refractivity contribution in [2.24, 2.45) is 5.92 Å². The van der Waals surface area contributed by atoms with E-state index >= 15 is 0 Å². The van der Waals surface area contributed by atoms with Gasteiger partial charge in [-0.1, -0.05) is 70.6 Å². The van der Waals surface area contributed by atoms with Crippen molar-refractivity contribution in [3.63, 3.8) is 0 Å². The van der Waals surface area contributed by atoms with E-state index < -0.39 is 23.8 Å². The number of rotatable bonds is 13. The molecule has 0 spiro atoms. The van der Waals surface area contributed by atoms with Crippen molar-refractivity contribution in [1.29, 1.82) is 0 Å². The van der Waals surface area contributed by atoms with E-state index in [2.05, 4.69) is 23.5 Å². The Morgan fingerprint density at radius 3 is 2.22 bits per heavy atom. The van der Waals surface area contributed by atoms with Crippen LogP contribution >= 0.6 is 0 Å². The van der Waals surface area contributed by atoms with E-state index in [1.54, 1.807) is 37.8 Å². The van der Waals surface area contributed by atoms with Crippen LogP contribution in [0, 0.1) is 18.3 Å². The highest BCUT2D eigenvalue weighted by Gasteiger charge is 2.38. The van der Waals surface area contributed by atoms with Gasteiger partial charge in [0, 0.05) is 18.2 Å². The molecule has 3 amide bonds. The zero-order valence-electron chi connectivity index (χ0n) is 24.0. The first-order valence-electron chi connectivity index (χ1n) is 13.5. The molecule has 0 heterocycles. The van der Waals surface area contributed by atoms with Crippen LogP contribution in [-0.2, 0) is 14.3 Å². The number of terminal acetylenes is 1. The summed E-state index contributed by atoms with van der Waals surface area (Å²) in [6.07, 6.45) is 9.50. The molecule has 0 aliphatic heterocycles. The first-order chi connectivity index (χ1) is 17.4. The molecule has 0 saturated carbocycles. The van der Waals surface area contributed by atoms with Gasteiger partial charge >= 0.3 is 6.09 Å². The van der Waals surface area contributed by atoms with E-state index in [0.717, 1.165) is 25.7 Å². The second-order valence-electron chi connectivity index (χ2n) is 10.9. The van der Waals surface area contributed by atoms with E-state index in [4.69, 9.17) is 11.2 Å². The van der Waals surface area contributed by atoms with Gasteiger partial charge in [-0.05, 0) is 58.6 Å². The topological polar surface area (TPSA) is 87.7 Å². The Labute approximate surface area is 224 Å². The molecule has 0 radical (unpaired) electrons. The van der Waals surface area contributed by atoms with Gasteiger partial charge in [0.1, 0.15) is 17.7 Å². The van der Waals surface area contributed by atoms with E-state index in [1.165, 1.54) is 0 Å². The van der Waals surface area contributed by atoms with Crippen molar-refractivity contribution in [3.8, 4) is 12.3 Å². The number of nitrogens with one attached hydrogen (secondary N) is 2. The molecular weight excluding hydrogens is 466 g/mol. The number of hydrogen-bond acceptors (Lipinski definition) is 4. The average molecular weight is 514 g/mol. The van der Waals surface area contributed by atoms with E-state index in [0.29, 0.717) is 24.1 Å². The maximum Gasteiger partial charge on any atom is 0.408 e. The Kier molecular flexibility index (Phi) is 13.2. The van der Waals surface area contributed by atoms with Gasteiger partial charge in [0.05, 0.1) is 0 Å². The Morgan fingerprint density at radius 1 is 1.03 bits per heavy atom. The highest BCUT2D eigenvalue weighted by Crippen LogP contribution is 2.28. The number of benzene rings is 1. The summed E-state index contributed by atoms with van der Waals surface area (Å²) >= 11 is 0. The monoisotopic (exact) mass is 513 g/mol. The standard InChI is InChI=1S/C30H47N3O4/c1-10-13-14-17-20-33(28(35)25(22(6)11-2)32-29(36)37-30(7,8)9)26(27(34)31-21(4)5)24-19-16-15-18-23(24)12-3/h3,15-16,18-19,21-22,25-26H,10-11,13-14,17,20H2,1-2,4-9H3,(H,31,34)(H,32,36). The SMILES string of the molecule is C#Cc1ccccc1C(C(=O)NC(C)C)N(CCCCCC)C(=O)C(NC(=O)OC(C)(C)C)C(C)CC. The Morgan fingerprint density at radius 2 is 1.68 bits per heavy atom. The second kappa shape index (κ2) is 15.3. The molecule has 1 rings (SSSR count). The lowest BCUT2D eigenvalue weighted by atomic mass is 9.93. The van der Waals surface area contributed by atoms with E-state index in [9.17, 15) is 14.4 Å². The third kappa shape index (κ3) is 10.5. The number of amides is 3. The Balaban J connectivity index is 3.59. The lowest BCUT2D eigenvalue weighted by Gasteiger charge is -2.36. The van der Waals surface area contributed by atoms with Gasteiger partial charge in [0.2, 0.25) is 11.8 Å². The van der Waals surface area contributed by atoms with Crippen LogP contribution in [0.1, 0.15) is 105 Å². The number of hydrogen-bond donors (Lipinski definition) is 2.